The first kappa shape index (κ1) is 24.0. The van der Waals surface area contributed by atoms with Crippen LogP contribution in [0.2, 0.25) is 5.02 Å². The van der Waals surface area contributed by atoms with Crippen LogP contribution in [0.3, 0.4) is 0 Å². The van der Waals surface area contributed by atoms with Crippen molar-refractivity contribution < 1.29 is 23.1 Å². The maximum absolute atomic E-state index is 13.3. The van der Waals surface area contributed by atoms with Gasteiger partial charge in [0.05, 0.1) is 22.4 Å². The zero-order valence-corrected chi connectivity index (χ0v) is 19.0. The predicted molar refractivity (Wildman–Crippen MR) is 126 cm³/mol. The molecule has 0 aromatic heterocycles. The Bertz CT molecular complexity index is 1270. The van der Waals surface area contributed by atoms with Crippen LogP contribution in [0.5, 0.6) is 0 Å². The van der Waals surface area contributed by atoms with Gasteiger partial charge < -0.3 is 5.11 Å². The number of hydrazone groups is 1. The number of nitrogens with one attached hydrogen (secondary N) is 1. The fourth-order valence-corrected chi connectivity index (χ4v) is 4.36. The van der Waals surface area contributed by atoms with E-state index in [2.05, 4.69) is 10.5 Å². The van der Waals surface area contributed by atoms with Crippen molar-refractivity contribution in [3.05, 3.63) is 94.5 Å². The van der Waals surface area contributed by atoms with Crippen molar-refractivity contribution in [2.45, 2.75) is 11.8 Å². The molecule has 8 nitrogen and oxygen atoms in total. The van der Waals surface area contributed by atoms with Crippen LogP contribution in [0, 0.1) is 6.92 Å². The standard InChI is InChI=1S/C23H20ClN3O5S/c1-16-2-10-20(11-3-16)27(33(31,32)21-12-8-19(24)9-13-21)15-22(28)26-25-14-17-4-6-18(7-5-17)23(29)30/h2-14H,15H2,1H3,(H,26,28)(H,29,30)/b25-14-. The fourth-order valence-electron chi connectivity index (χ4n) is 2.82. The van der Waals surface area contributed by atoms with E-state index >= 15 is 0 Å². The molecular formula is C23H20ClN3O5S. The number of anilines is 1. The number of carboxylic acids is 1. The summed E-state index contributed by atoms with van der Waals surface area (Å²) in [5.74, 6) is -1.71. The number of hydrogen-bond donors (Lipinski definition) is 2. The number of benzene rings is 3. The number of aryl methyl sites for hydroxylation is 1. The predicted octanol–water partition coefficient (Wildman–Crippen LogP) is 3.69. The zero-order valence-electron chi connectivity index (χ0n) is 17.5. The topological polar surface area (TPSA) is 116 Å². The van der Waals surface area contributed by atoms with Gasteiger partial charge in [-0.1, -0.05) is 41.4 Å². The van der Waals surface area contributed by atoms with Crippen LogP contribution in [0.15, 0.2) is 82.8 Å². The monoisotopic (exact) mass is 485 g/mol. The van der Waals surface area contributed by atoms with E-state index in [0.29, 0.717) is 16.3 Å². The molecule has 0 fully saturated rings. The lowest BCUT2D eigenvalue weighted by molar-refractivity contribution is -0.119. The Morgan fingerprint density at radius 3 is 2.18 bits per heavy atom. The lowest BCUT2D eigenvalue weighted by atomic mass is 10.1. The number of carboxylic acid groups (broad SMARTS) is 1. The minimum Gasteiger partial charge on any atom is -0.478 e. The largest absolute Gasteiger partial charge is 0.478 e. The van der Waals surface area contributed by atoms with Gasteiger partial charge in [-0.15, -0.1) is 0 Å². The summed E-state index contributed by atoms with van der Waals surface area (Å²) in [6.45, 7) is 1.36. The highest BCUT2D eigenvalue weighted by Crippen LogP contribution is 2.25. The molecule has 0 bridgehead atoms. The van der Waals surface area contributed by atoms with E-state index in [1.165, 1.54) is 54.7 Å². The van der Waals surface area contributed by atoms with Crippen molar-refractivity contribution in [3.63, 3.8) is 0 Å². The quantitative estimate of drug-likeness (QED) is 0.373. The number of aromatic carboxylic acids is 1. The van der Waals surface area contributed by atoms with Gasteiger partial charge in [0.15, 0.2) is 0 Å². The molecule has 0 saturated heterocycles. The summed E-state index contributed by atoms with van der Waals surface area (Å²) < 4.78 is 27.5. The molecule has 33 heavy (non-hydrogen) atoms. The van der Waals surface area contributed by atoms with E-state index in [-0.39, 0.29) is 10.5 Å². The summed E-state index contributed by atoms with van der Waals surface area (Å²) >= 11 is 5.87. The minimum atomic E-state index is -4.06. The molecule has 0 aliphatic rings. The van der Waals surface area contributed by atoms with E-state index < -0.39 is 28.4 Å². The Morgan fingerprint density at radius 1 is 1.00 bits per heavy atom. The van der Waals surface area contributed by atoms with Gasteiger partial charge in [0, 0.05) is 5.02 Å². The van der Waals surface area contributed by atoms with Gasteiger partial charge >= 0.3 is 5.97 Å². The smallest absolute Gasteiger partial charge is 0.335 e. The third-order valence-electron chi connectivity index (χ3n) is 4.57. The molecule has 0 saturated carbocycles. The highest BCUT2D eigenvalue weighted by atomic mass is 35.5. The minimum absolute atomic E-state index is 0.0118. The Morgan fingerprint density at radius 2 is 1.61 bits per heavy atom. The molecule has 0 aliphatic carbocycles. The van der Waals surface area contributed by atoms with Crippen LogP contribution >= 0.6 is 11.6 Å². The van der Waals surface area contributed by atoms with Gasteiger partial charge in [-0.05, 0) is 61.0 Å². The van der Waals surface area contributed by atoms with Gasteiger partial charge in [-0.3, -0.25) is 9.10 Å². The average molecular weight is 486 g/mol. The van der Waals surface area contributed by atoms with E-state index in [4.69, 9.17) is 16.7 Å². The lowest BCUT2D eigenvalue weighted by Gasteiger charge is -2.23. The second-order valence-corrected chi connectivity index (χ2v) is 9.32. The highest BCUT2D eigenvalue weighted by Gasteiger charge is 2.27. The molecule has 0 heterocycles. The van der Waals surface area contributed by atoms with E-state index in [1.54, 1.807) is 24.3 Å². The van der Waals surface area contributed by atoms with Crippen LogP contribution < -0.4 is 9.73 Å². The van der Waals surface area contributed by atoms with Crippen molar-refractivity contribution in [1.29, 1.82) is 0 Å². The number of sulfonamides is 1. The van der Waals surface area contributed by atoms with Crippen LogP contribution in [0.1, 0.15) is 21.5 Å². The van der Waals surface area contributed by atoms with Crippen LogP contribution in [-0.4, -0.2) is 38.2 Å². The number of nitrogens with zero attached hydrogens (tertiary/aromatic N) is 2. The molecule has 10 heteroatoms. The molecule has 3 aromatic rings. The molecule has 0 atom stereocenters. The third kappa shape index (κ3) is 6.18. The molecule has 2 N–H and O–H groups in total. The third-order valence-corrected chi connectivity index (χ3v) is 6.61. The first-order chi connectivity index (χ1) is 15.7. The molecule has 0 aliphatic heterocycles. The molecule has 0 unspecified atom stereocenters. The van der Waals surface area contributed by atoms with Crippen molar-refractivity contribution in [3.8, 4) is 0 Å². The maximum Gasteiger partial charge on any atom is 0.335 e. The van der Waals surface area contributed by atoms with Crippen LogP contribution in [0.4, 0.5) is 5.69 Å². The fraction of sp³-hybridized carbons (Fsp3) is 0.0870. The van der Waals surface area contributed by atoms with Gasteiger partial charge in [-0.25, -0.2) is 18.6 Å². The van der Waals surface area contributed by atoms with Crippen molar-refractivity contribution in [2.75, 3.05) is 10.8 Å². The summed E-state index contributed by atoms with van der Waals surface area (Å²) in [5.41, 5.74) is 4.24. The summed E-state index contributed by atoms with van der Waals surface area (Å²) in [6, 6.07) is 18.3. The Kier molecular flexibility index (Phi) is 7.47. The highest BCUT2D eigenvalue weighted by molar-refractivity contribution is 7.92. The van der Waals surface area contributed by atoms with Crippen LogP contribution in [-0.2, 0) is 14.8 Å². The maximum atomic E-state index is 13.3. The first-order valence-corrected chi connectivity index (χ1v) is 11.5. The summed E-state index contributed by atoms with van der Waals surface area (Å²) in [5, 5.41) is 13.1. The van der Waals surface area contributed by atoms with E-state index in [0.717, 1.165) is 9.87 Å². The number of halogens is 1. The first-order valence-electron chi connectivity index (χ1n) is 9.67. The van der Waals surface area contributed by atoms with Gasteiger partial charge in [0.1, 0.15) is 6.54 Å². The SMILES string of the molecule is Cc1ccc(N(CC(=O)N/N=C\c2ccc(C(=O)O)cc2)S(=O)(=O)c2ccc(Cl)cc2)cc1. The number of rotatable bonds is 8. The Balaban J connectivity index is 1.79. The normalized spacial score (nSPS) is 11.3. The van der Waals surface area contributed by atoms with E-state index in [1.807, 2.05) is 6.92 Å². The molecule has 1 amide bonds. The van der Waals surface area contributed by atoms with Gasteiger partial charge in [-0.2, -0.15) is 5.10 Å². The molecule has 3 rings (SSSR count). The van der Waals surface area contributed by atoms with Crippen molar-refractivity contribution in [1.82, 2.24) is 5.43 Å². The second-order valence-electron chi connectivity index (χ2n) is 7.02. The zero-order chi connectivity index (χ0) is 24.0. The summed E-state index contributed by atoms with van der Waals surface area (Å²) in [4.78, 5) is 23.4. The molecule has 170 valence electrons. The molecule has 3 aromatic carbocycles. The number of amides is 1. The number of carbonyl (C=O) groups excluding carboxylic acids is 1. The second kappa shape index (κ2) is 10.3. The van der Waals surface area contributed by atoms with Gasteiger partial charge in [0.2, 0.25) is 0 Å². The number of hydrogen-bond acceptors (Lipinski definition) is 5. The van der Waals surface area contributed by atoms with E-state index in [9.17, 15) is 18.0 Å². The average Bonchev–Trinajstić information content (AvgIpc) is 2.79. The summed E-state index contributed by atoms with van der Waals surface area (Å²) in [7, 11) is -4.06. The number of carbonyl (C=O) groups is 2. The Labute approximate surface area is 196 Å². The Hall–Kier alpha value is -3.69. The van der Waals surface area contributed by atoms with Gasteiger partial charge in [0.25, 0.3) is 15.9 Å². The molecule has 0 spiro atoms. The lowest BCUT2D eigenvalue weighted by Crippen LogP contribution is -2.39. The molecular weight excluding hydrogens is 466 g/mol. The van der Waals surface area contributed by atoms with Crippen molar-refractivity contribution >= 4 is 45.4 Å². The summed E-state index contributed by atoms with van der Waals surface area (Å²) in [6.07, 6.45) is 1.33. The van der Waals surface area contributed by atoms with Crippen LogP contribution in [0.25, 0.3) is 0 Å². The molecule has 0 radical (unpaired) electrons. The van der Waals surface area contributed by atoms with Crippen molar-refractivity contribution in [2.24, 2.45) is 5.10 Å².